The molecule has 1 aliphatic rings. The number of carboxylic acid groups (broad SMARTS) is 1. The van der Waals surface area contributed by atoms with E-state index in [1.165, 1.54) is 0 Å². The first-order valence-corrected chi connectivity index (χ1v) is 8.24. The Bertz CT molecular complexity index is 527. The number of ether oxygens (including phenoxy) is 1. The number of carbonyl (C=O) groups excluding carboxylic acids is 1. The molecule has 1 aromatic carbocycles. The monoisotopic (exact) mass is 369 g/mol. The zero-order valence-corrected chi connectivity index (χ0v) is 13.8. The van der Waals surface area contributed by atoms with Crippen LogP contribution in [0.3, 0.4) is 0 Å². The van der Waals surface area contributed by atoms with Crippen LogP contribution in [0.4, 0.5) is 0 Å². The number of carbonyl (C=O) groups is 2. The maximum absolute atomic E-state index is 11.9. The summed E-state index contributed by atoms with van der Waals surface area (Å²) in [5.41, 5.74) is 0. The lowest BCUT2D eigenvalue weighted by atomic mass is 9.86. The highest BCUT2D eigenvalue weighted by atomic mass is 79.9. The fourth-order valence-electron chi connectivity index (χ4n) is 2.60. The average Bonchev–Trinajstić information content (AvgIpc) is 2.48. The van der Waals surface area contributed by atoms with Crippen LogP contribution in [-0.4, -0.2) is 29.6 Å². The van der Waals surface area contributed by atoms with E-state index in [1.54, 1.807) is 0 Å². The van der Waals surface area contributed by atoms with E-state index in [0.29, 0.717) is 25.9 Å². The minimum Gasteiger partial charge on any atom is -0.493 e. The maximum Gasteiger partial charge on any atom is 0.306 e. The van der Waals surface area contributed by atoms with Crippen molar-refractivity contribution in [1.29, 1.82) is 0 Å². The molecule has 0 bridgehead atoms. The number of hydrogen-bond donors (Lipinski definition) is 2. The van der Waals surface area contributed by atoms with Crippen molar-refractivity contribution in [2.45, 2.75) is 38.1 Å². The van der Waals surface area contributed by atoms with Gasteiger partial charge in [0, 0.05) is 10.5 Å². The first-order chi connectivity index (χ1) is 10.5. The molecule has 1 amide bonds. The predicted molar refractivity (Wildman–Crippen MR) is 85.8 cm³/mol. The highest BCUT2D eigenvalue weighted by molar-refractivity contribution is 9.10. The molecule has 2 rings (SSSR count). The lowest BCUT2D eigenvalue weighted by Crippen LogP contribution is -2.39. The number of nitrogens with one attached hydrogen (secondary N) is 1. The number of benzene rings is 1. The topological polar surface area (TPSA) is 75.6 Å². The zero-order chi connectivity index (χ0) is 15.9. The van der Waals surface area contributed by atoms with Crippen molar-refractivity contribution >= 4 is 27.8 Å². The molecule has 0 radical (unpaired) electrons. The highest BCUT2D eigenvalue weighted by Crippen LogP contribution is 2.24. The largest absolute Gasteiger partial charge is 0.493 e. The predicted octanol–water partition coefficient (Wildman–Crippen LogP) is 2.98. The van der Waals surface area contributed by atoms with Gasteiger partial charge >= 0.3 is 5.97 Å². The Morgan fingerprint density at radius 2 is 2.00 bits per heavy atom. The SMILES string of the molecule is O=C(CCOc1cccc(Br)c1)NC1CCC(C(=O)O)CC1. The fourth-order valence-corrected chi connectivity index (χ4v) is 2.98. The minimum atomic E-state index is -0.729. The van der Waals surface area contributed by atoms with Crippen molar-refractivity contribution < 1.29 is 19.4 Å². The lowest BCUT2D eigenvalue weighted by Gasteiger charge is -2.26. The maximum atomic E-state index is 11.9. The zero-order valence-electron chi connectivity index (χ0n) is 12.3. The molecular weight excluding hydrogens is 350 g/mol. The van der Waals surface area contributed by atoms with Crippen molar-refractivity contribution in [3.8, 4) is 5.75 Å². The van der Waals surface area contributed by atoms with Gasteiger partial charge in [-0.3, -0.25) is 9.59 Å². The van der Waals surface area contributed by atoms with Crippen LogP contribution in [-0.2, 0) is 9.59 Å². The second-order valence-electron chi connectivity index (χ2n) is 5.51. The number of aliphatic carboxylic acids is 1. The Morgan fingerprint density at radius 1 is 1.27 bits per heavy atom. The first-order valence-electron chi connectivity index (χ1n) is 7.45. The summed E-state index contributed by atoms with van der Waals surface area (Å²) in [6.45, 7) is 0.326. The summed E-state index contributed by atoms with van der Waals surface area (Å²) in [6, 6.07) is 7.57. The minimum absolute atomic E-state index is 0.0474. The summed E-state index contributed by atoms with van der Waals surface area (Å²) in [6.07, 6.45) is 3.03. The first kappa shape index (κ1) is 16.8. The van der Waals surface area contributed by atoms with E-state index < -0.39 is 5.97 Å². The highest BCUT2D eigenvalue weighted by Gasteiger charge is 2.26. The molecule has 0 heterocycles. The van der Waals surface area contributed by atoms with E-state index in [9.17, 15) is 9.59 Å². The van der Waals surface area contributed by atoms with Gasteiger partial charge in [-0.15, -0.1) is 0 Å². The second-order valence-corrected chi connectivity index (χ2v) is 6.43. The van der Waals surface area contributed by atoms with E-state index in [0.717, 1.165) is 23.1 Å². The third-order valence-corrected chi connectivity index (χ3v) is 4.33. The van der Waals surface area contributed by atoms with Crippen LogP contribution >= 0.6 is 15.9 Å². The normalized spacial score (nSPS) is 21.1. The van der Waals surface area contributed by atoms with Gasteiger partial charge in [0.1, 0.15) is 5.75 Å². The Hall–Kier alpha value is -1.56. The number of rotatable bonds is 6. The Morgan fingerprint density at radius 3 is 2.64 bits per heavy atom. The van der Waals surface area contributed by atoms with Gasteiger partial charge in [0.05, 0.1) is 18.9 Å². The molecule has 22 heavy (non-hydrogen) atoms. The molecule has 0 saturated heterocycles. The van der Waals surface area contributed by atoms with Crippen LogP contribution in [0.2, 0.25) is 0 Å². The number of hydrogen-bond acceptors (Lipinski definition) is 3. The van der Waals surface area contributed by atoms with Crippen LogP contribution in [0.15, 0.2) is 28.7 Å². The van der Waals surface area contributed by atoms with E-state index in [4.69, 9.17) is 9.84 Å². The molecule has 0 aromatic heterocycles. The van der Waals surface area contributed by atoms with Gasteiger partial charge in [0.25, 0.3) is 0 Å². The lowest BCUT2D eigenvalue weighted by molar-refractivity contribution is -0.142. The quantitative estimate of drug-likeness (QED) is 0.807. The summed E-state index contributed by atoms with van der Waals surface area (Å²) >= 11 is 3.36. The van der Waals surface area contributed by atoms with Crippen LogP contribution in [0.1, 0.15) is 32.1 Å². The van der Waals surface area contributed by atoms with Crippen LogP contribution < -0.4 is 10.1 Å². The second kappa shape index (κ2) is 8.17. The molecule has 1 saturated carbocycles. The molecule has 1 fully saturated rings. The molecule has 0 unspecified atom stereocenters. The Kier molecular flexibility index (Phi) is 6.24. The van der Waals surface area contributed by atoms with Gasteiger partial charge in [-0.25, -0.2) is 0 Å². The summed E-state index contributed by atoms with van der Waals surface area (Å²) in [5, 5.41) is 11.9. The van der Waals surface area contributed by atoms with Gasteiger partial charge < -0.3 is 15.2 Å². The molecule has 2 N–H and O–H groups in total. The van der Waals surface area contributed by atoms with Crippen molar-refractivity contribution in [1.82, 2.24) is 5.32 Å². The van der Waals surface area contributed by atoms with Gasteiger partial charge in [0.2, 0.25) is 5.91 Å². The Labute approximate surface area is 138 Å². The summed E-state index contributed by atoms with van der Waals surface area (Å²) < 4.78 is 6.46. The number of carboxylic acids is 1. The third-order valence-electron chi connectivity index (χ3n) is 3.84. The molecule has 1 aliphatic carbocycles. The molecule has 120 valence electrons. The van der Waals surface area contributed by atoms with Crippen LogP contribution in [0.25, 0.3) is 0 Å². The van der Waals surface area contributed by atoms with E-state index in [2.05, 4.69) is 21.2 Å². The van der Waals surface area contributed by atoms with Crippen molar-refractivity contribution in [2.75, 3.05) is 6.61 Å². The molecule has 0 atom stereocenters. The van der Waals surface area contributed by atoms with Crippen molar-refractivity contribution in [3.63, 3.8) is 0 Å². The van der Waals surface area contributed by atoms with Gasteiger partial charge in [-0.2, -0.15) is 0 Å². The summed E-state index contributed by atoms with van der Waals surface area (Å²) in [4.78, 5) is 22.7. The Balaban J connectivity index is 1.65. The van der Waals surface area contributed by atoms with E-state index in [-0.39, 0.29) is 17.9 Å². The molecule has 5 nitrogen and oxygen atoms in total. The molecule has 0 spiro atoms. The standard InChI is InChI=1S/C16H20BrNO4/c17-12-2-1-3-14(10-12)22-9-8-15(19)18-13-6-4-11(5-7-13)16(20)21/h1-3,10-11,13H,4-9H2,(H,18,19)(H,20,21). The van der Waals surface area contributed by atoms with Gasteiger partial charge in [-0.05, 0) is 43.9 Å². The van der Waals surface area contributed by atoms with E-state index in [1.807, 2.05) is 24.3 Å². The fraction of sp³-hybridized carbons (Fsp3) is 0.500. The summed E-state index contributed by atoms with van der Waals surface area (Å²) in [5.74, 6) is -0.307. The van der Waals surface area contributed by atoms with Gasteiger partial charge in [-0.1, -0.05) is 22.0 Å². The van der Waals surface area contributed by atoms with Crippen molar-refractivity contribution in [2.24, 2.45) is 5.92 Å². The number of halogens is 1. The van der Waals surface area contributed by atoms with E-state index >= 15 is 0 Å². The number of amides is 1. The van der Waals surface area contributed by atoms with Crippen molar-refractivity contribution in [3.05, 3.63) is 28.7 Å². The summed E-state index contributed by atoms with van der Waals surface area (Å²) in [7, 11) is 0. The van der Waals surface area contributed by atoms with Crippen LogP contribution in [0, 0.1) is 5.92 Å². The third kappa shape index (κ3) is 5.33. The molecular formula is C16H20BrNO4. The van der Waals surface area contributed by atoms with Gasteiger partial charge in [0.15, 0.2) is 0 Å². The molecule has 1 aromatic rings. The molecule has 0 aliphatic heterocycles. The average molecular weight is 370 g/mol. The molecule has 6 heteroatoms. The smallest absolute Gasteiger partial charge is 0.306 e. The van der Waals surface area contributed by atoms with Crippen LogP contribution in [0.5, 0.6) is 5.75 Å².